The van der Waals surface area contributed by atoms with Gasteiger partial charge in [0.05, 0.1) is 5.69 Å². The fraction of sp³-hybridized carbons (Fsp3) is 0.214. The Labute approximate surface area is 120 Å². The number of nitrogens with one attached hydrogen (secondary N) is 1. The first-order chi connectivity index (χ1) is 9.58. The normalized spacial score (nSPS) is 14.8. The van der Waals surface area contributed by atoms with Gasteiger partial charge in [-0.25, -0.2) is 4.39 Å². The van der Waals surface area contributed by atoms with Crippen LogP contribution in [0.3, 0.4) is 0 Å². The average Bonchev–Trinajstić information content (AvgIpc) is 3.24. The summed E-state index contributed by atoms with van der Waals surface area (Å²) in [6.07, 6.45) is 1.64. The van der Waals surface area contributed by atoms with E-state index in [9.17, 15) is 9.50 Å². The van der Waals surface area contributed by atoms with Gasteiger partial charge in [0.15, 0.2) is 0 Å². The molecule has 0 radical (unpaired) electrons. The summed E-state index contributed by atoms with van der Waals surface area (Å²) in [5.41, 5.74) is -0.0393. The van der Waals surface area contributed by atoms with E-state index in [1.807, 2.05) is 6.07 Å². The second-order valence-corrected chi connectivity index (χ2v) is 4.78. The standard InChI is InChI=1S/C14H10FN3OS/c15-11-2-1-3-12(9(11)6-16)18-14(20)10(7-17)13(19)8-4-5-8/h1-3,8,19H,4-5H2,(H,18,20)/b13-10-. The van der Waals surface area contributed by atoms with Crippen LogP contribution in [0.2, 0.25) is 0 Å². The molecule has 1 saturated carbocycles. The van der Waals surface area contributed by atoms with E-state index < -0.39 is 5.82 Å². The van der Waals surface area contributed by atoms with Gasteiger partial charge >= 0.3 is 0 Å². The van der Waals surface area contributed by atoms with Crippen molar-refractivity contribution in [3.63, 3.8) is 0 Å². The van der Waals surface area contributed by atoms with Gasteiger partial charge in [-0.15, -0.1) is 0 Å². The molecule has 0 saturated heterocycles. The highest BCUT2D eigenvalue weighted by atomic mass is 32.1. The fourth-order valence-corrected chi connectivity index (χ4v) is 1.97. The van der Waals surface area contributed by atoms with Gasteiger partial charge in [-0.05, 0) is 25.0 Å². The molecule has 1 aromatic carbocycles. The number of benzene rings is 1. The first-order valence-corrected chi connectivity index (χ1v) is 6.32. The maximum Gasteiger partial charge on any atom is 0.143 e. The first kappa shape index (κ1) is 14.0. The van der Waals surface area contributed by atoms with E-state index in [4.69, 9.17) is 22.7 Å². The highest BCUT2D eigenvalue weighted by molar-refractivity contribution is 7.81. The molecule has 1 aliphatic carbocycles. The molecular formula is C14H10FN3OS. The van der Waals surface area contributed by atoms with Gasteiger partial charge in [-0.1, -0.05) is 18.3 Å². The summed E-state index contributed by atoms with van der Waals surface area (Å²) in [6.45, 7) is 0. The van der Waals surface area contributed by atoms with Gasteiger partial charge in [-0.2, -0.15) is 10.5 Å². The number of aliphatic hydroxyl groups is 1. The molecule has 0 unspecified atom stereocenters. The molecule has 0 amide bonds. The van der Waals surface area contributed by atoms with Crippen molar-refractivity contribution in [3.8, 4) is 12.1 Å². The molecule has 100 valence electrons. The van der Waals surface area contributed by atoms with E-state index >= 15 is 0 Å². The van der Waals surface area contributed by atoms with E-state index in [0.717, 1.165) is 18.9 Å². The second-order valence-electron chi connectivity index (χ2n) is 4.37. The lowest BCUT2D eigenvalue weighted by Crippen LogP contribution is -2.15. The van der Waals surface area contributed by atoms with Crippen molar-refractivity contribution in [2.24, 2.45) is 5.92 Å². The highest BCUT2D eigenvalue weighted by Gasteiger charge is 2.30. The quantitative estimate of drug-likeness (QED) is 0.386. The van der Waals surface area contributed by atoms with Crippen LogP contribution in [-0.4, -0.2) is 10.1 Å². The largest absolute Gasteiger partial charge is 0.511 e. The van der Waals surface area contributed by atoms with Gasteiger partial charge in [0.1, 0.15) is 39.8 Å². The molecule has 4 nitrogen and oxygen atoms in total. The Morgan fingerprint density at radius 3 is 2.65 bits per heavy atom. The number of nitrogens with zero attached hydrogens (tertiary/aromatic N) is 2. The summed E-state index contributed by atoms with van der Waals surface area (Å²) < 4.78 is 13.4. The predicted molar refractivity (Wildman–Crippen MR) is 75.3 cm³/mol. The first-order valence-electron chi connectivity index (χ1n) is 5.91. The zero-order valence-electron chi connectivity index (χ0n) is 10.4. The topological polar surface area (TPSA) is 79.8 Å². The number of hydrogen-bond acceptors (Lipinski definition) is 4. The highest BCUT2D eigenvalue weighted by Crippen LogP contribution is 2.36. The Bertz CT molecular complexity index is 681. The number of anilines is 1. The molecule has 1 aromatic rings. The minimum Gasteiger partial charge on any atom is -0.511 e. The van der Waals surface area contributed by atoms with Crippen molar-refractivity contribution < 1.29 is 9.50 Å². The summed E-state index contributed by atoms with van der Waals surface area (Å²) in [5.74, 6) is -0.735. The van der Waals surface area contributed by atoms with Crippen molar-refractivity contribution in [1.82, 2.24) is 0 Å². The van der Waals surface area contributed by atoms with Gasteiger partial charge in [0, 0.05) is 5.92 Å². The van der Waals surface area contributed by atoms with Crippen LogP contribution in [0.4, 0.5) is 10.1 Å². The van der Waals surface area contributed by atoms with Crippen LogP contribution in [0.25, 0.3) is 0 Å². The molecule has 2 N–H and O–H groups in total. The third kappa shape index (κ3) is 2.76. The molecule has 0 atom stereocenters. The number of thiocarbonyl (C=S) groups is 1. The van der Waals surface area contributed by atoms with Crippen LogP contribution >= 0.6 is 12.2 Å². The van der Waals surface area contributed by atoms with E-state index in [2.05, 4.69) is 5.32 Å². The summed E-state index contributed by atoms with van der Waals surface area (Å²) in [4.78, 5) is -0.0148. The molecule has 0 spiro atoms. The average molecular weight is 287 g/mol. The van der Waals surface area contributed by atoms with Gasteiger partial charge in [-0.3, -0.25) is 0 Å². The third-order valence-electron chi connectivity index (χ3n) is 2.93. The Hall–Kier alpha value is -2.44. The molecule has 1 aliphatic rings. The molecule has 0 aromatic heterocycles. The van der Waals surface area contributed by atoms with Crippen LogP contribution < -0.4 is 5.32 Å². The number of nitriles is 2. The summed E-state index contributed by atoms with van der Waals surface area (Å²) in [6, 6.07) is 7.65. The number of allylic oxidation sites excluding steroid dienone is 1. The lowest BCUT2D eigenvalue weighted by Gasteiger charge is -2.10. The number of aliphatic hydroxyl groups excluding tert-OH is 1. The smallest absolute Gasteiger partial charge is 0.143 e. The number of rotatable bonds is 3. The molecule has 0 aliphatic heterocycles. The van der Waals surface area contributed by atoms with Crippen LogP contribution in [0, 0.1) is 34.4 Å². The van der Waals surface area contributed by atoms with Crippen LogP contribution in [0.5, 0.6) is 0 Å². The maximum atomic E-state index is 13.4. The van der Waals surface area contributed by atoms with Crippen molar-refractivity contribution in [2.75, 3.05) is 5.32 Å². The van der Waals surface area contributed by atoms with E-state index in [1.165, 1.54) is 12.1 Å². The zero-order valence-corrected chi connectivity index (χ0v) is 11.2. The van der Waals surface area contributed by atoms with Crippen molar-refractivity contribution in [2.45, 2.75) is 12.8 Å². The maximum absolute atomic E-state index is 13.4. The van der Waals surface area contributed by atoms with Crippen molar-refractivity contribution in [1.29, 1.82) is 10.5 Å². The SMILES string of the molecule is N#C/C(C(=S)Nc1cccc(F)c1C#N)=C(/O)C1CC1. The number of halogens is 1. The van der Waals surface area contributed by atoms with Gasteiger partial charge < -0.3 is 10.4 Å². The summed E-state index contributed by atoms with van der Waals surface area (Å²) in [7, 11) is 0. The van der Waals surface area contributed by atoms with Crippen LogP contribution in [0.1, 0.15) is 18.4 Å². The molecule has 20 heavy (non-hydrogen) atoms. The lowest BCUT2D eigenvalue weighted by atomic mass is 10.1. The Balaban J connectivity index is 2.29. The Morgan fingerprint density at radius 1 is 1.40 bits per heavy atom. The van der Waals surface area contributed by atoms with Crippen molar-refractivity contribution in [3.05, 3.63) is 40.9 Å². The summed E-state index contributed by atoms with van der Waals surface area (Å²) >= 11 is 5.05. The van der Waals surface area contributed by atoms with Gasteiger partial charge in [0.2, 0.25) is 0 Å². The van der Waals surface area contributed by atoms with E-state index in [0.29, 0.717) is 0 Å². The fourth-order valence-electron chi connectivity index (χ4n) is 1.71. The van der Waals surface area contributed by atoms with E-state index in [1.54, 1.807) is 6.07 Å². The molecular weight excluding hydrogens is 277 g/mol. The zero-order chi connectivity index (χ0) is 14.7. The third-order valence-corrected chi connectivity index (χ3v) is 3.24. The molecule has 0 bridgehead atoms. The molecule has 0 heterocycles. The van der Waals surface area contributed by atoms with E-state index in [-0.39, 0.29) is 33.5 Å². The summed E-state index contributed by atoms with van der Waals surface area (Å²) in [5, 5.41) is 30.5. The van der Waals surface area contributed by atoms with Crippen LogP contribution in [-0.2, 0) is 0 Å². The minimum atomic E-state index is -0.672. The van der Waals surface area contributed by atoms with Gasteiger partial charge in [0.25, 0.3) is 0 Å². The van der Waals surface area contributed by atoms with Crippen LogP contribution in [0.15, 0.2) is 29.5 Å². The van der Waals surface area contributed by atoms with Crippen molar-refractivity contribution >= 4 is 22.9 Å². The monoisotopic (exact) mass is 287 g/mol. The Kier molecular flexibility index (Phi) is 3.97. The predicted octanol–water partition coefficient (Wildman–Crippen LogP) is 3.18. The molecule has 2 rings (SSSR count). The molecule has 1 fully saturated rings. The Morgan fingerprint density at radius 2 is 2.10 bits per heavy atom. The molecule has 6 heteroatoms. The lowest BCUT2D eigenvalue weighted by molar-refractivity contribution is 0.377. The minimum absolute atomic E-state index is 0.0148. The number of hydrogen-bond donors (Lipinski definition) is 2. The second kappa shape index (κ2) is 5.68.